The Balaban J connectivity index is 2.04. The number of nitrogens with zero attached hydrogens (tertiary/aromatic N) is 2. The van der Waals surface area contributed by atoms with E-state index in [1.165, 1.54) is 12.1 Å². The molecule has 0 aliphatic carbocycles. The molecule has 1 N–H and O–H groups in total. The molecule has 1 aromatic heterocycles. The van der Waals surface area contributed by atoms with E-state index in [2.05, 4.69) is 4.98 Å². The van der Waals surface area contributed by atoms with E-state index in [0.29, 0.717) is 18.6 Å². The lowest BCUT2D eigenvalue weighted by molar-refractivity contribution is -0.386. The highest BCUT2D eigenvalue weighted by molar-refractivity contribution is 5.48. The predicted octanol–water partition coefficient (Wildman–Crippen LogP) is 2.10. The minimum atomic E-state index is -0.513. The van der Waals surface area contributed by atoms with Crippen LogP contribution in [0.15, 0.2) is 42.7 Å². The van der Waals surface area contributed by atoms with Crippen LogP contribution in [0.2, 0.25) is 0 Å². The zero-order valence-electron chi connectivity index (χ0n) is 10.7. The zero-order valence-corrected chi connectivity index (χ0v) is 10.7. The van der Waals surface area contributed by atoms with Gasteiger partial charge in [0.25, 0.3) is 0 Å². The van der Waals surface area contributed by atoms with Gasteiger partial charge in [0.05, 0.1) is 18.1 Å². The molecular weight excluding hydrogens is 260 g/mol. The number of ether oxygens (including phenoxy) is 1. The van der Waals surface area contributed by atoms with E-state index in [9.17, 15) is 10.1 Å². The predicted molar refractivity (Wildman–Crippen MR) is 72.5 cm³/mol. The third kappa shape index (κ3) is 3.52. The Morgan fingerprint density at radius 2 is 1.95 bits per heavy atom. The van der Waals surface area contributed by atoms with E-state index < -0.39 is 4.92 Å². The van der Waals surface area contributed by atoms with Crippen molar-refractivity contribution in [3.05, 3.63) is 64.0 Å². The van der Waals surface area contributed by atoms with Crippen molar-refractivity contribution in [2.45, 2.75) is 13.0 Å². The van der Waals surface area contributed by atoms with Crippen molar-refractivity contribution in [2.75, 3.05) is 6.61 Å². The number of benzene rings is 1. The van der Waals surface area contributed by atoms with Crippen LogP contribution in [0.1, 0.15) is 11.1 Å². The van der Waals surface area contributed by atoms with Crippen LogP contribution in [0.4, 0.5) is 5.69 Å². The summed E-state index contributed by atoms with van der Waals surface area (Å²) in [5.74, 6) is 0.209. The van der Waals surface area contributed by atoms with Gasteiger partial charge in [-0.2, -0.15) is 0 Å². The van der Waals surface area contributed by atoms with Gasteiger partial charge in [-0.1, -0.05) is 6.07 Å². The largest absolute Gasteiger partial charge is 0.486 e. The molecule has 20 heavy (non-hydrogen) atoms. The first kappa shape index (κ1) is 14.0. The van der Waals surface area contributed by atoms with Crippen molar-refractivity contribution in [3.8, 4) is 5.75 Å². The molecule has 0 aliphatic rings. The molecule has 0 aliphatic heterocycles. The SMILES string of the molecule is O=[N+]([O-])c1cc(CO)ccc1OCCc1ccncc1. The van der Waals surface area contributed by atoms with Crippen molar-refractivity contribution >= 4 is 5.69 Å². The van der Waals surface area contributed by atoms with Gasteiger partial charge in [0.2, 0.25) is 0 Å². The number of aromatic nitrogens is 1. The fourth-order valence-electron chi connectivity index (χ4n) is 1.75. The van der Waals surface area contributed by atoms with Crippen LogP contribution in [-0.2, 0) is 13.0 Å². The molecule has 2 aromatic rings. The highest BCUT2D eigenvalue weighted by Crippen LogP contribution is 2.28. The summed E-state index contributed by atoms with van der Waals surface area (Å²) in [5, 5.41) is 19.9. The maximum Gasteiger partial charge on any atom is 0.311 e. The summed E-state index contributed by atoms with van der Waals surface area (Å²) in [6.45, 7) is 0.0987. The summed E-state index contributed by atoms with van der Waals surface area (Å²) in [7, 11) is 0. The molecule has 0 saturated heterocycles. The number of nitro groups is 1. The van der Waals surface area contributed by atoms with E-state index in [1.807, 2.05) is 12.1 Å². The first-order chi connectivity index (χ1) is 9.70. The normalized spacial score (nSPS) is 10.2. The summed E-state index contributed by atoms with van der Waals surface area (Å²) < 4.78 is 5.46. The van der Waals surface area contributed by atoms with Gasteiger partial charge in [-0.15, -0.1) is 0 Å². The second-order valence-electron chi connectivity index (χ2n) is 4.17. The number of pyridine rings is 1. The van der Waals surface area contributed by atoms with Gasteiger partial charge in [0, 0.05) is 24.9 Å². The highest BCUT2D eigenvalue weighted by Gasteiger charge is 2.15. The summed E-state index contributed by atoms with van der Waals surface area (Å²) in [4.78, 5) is 14.4. The van der Waals surface area contributed by atoms with Crippen LogP contribution in [0.3, 0.4) is 0 Å². The molecule has 1 heterocycles. The second-order valence-corrected chi connectivity index (χ2v) is 4.17. The zero-order chi connectivity index (χ0) is 14.4. The highest BCUT2D eigenvalue weighted by atomic mass is 16.6. The Labute approximate surface area is 115 Å². The molecule has 1 aromatic carbocycles. The standard InChI is InChI=1S/C14H14N2O4/c17-10-12-1-2-14(13(9-12)16(18)19)20-8-5-11-3-6-15-7-4-11/h1-4,6-7,9,17H,5,8,10H2. The van der Waals surface area contributed by atoms with Crippen LogP contribution < -0.4 is 4.74 Å². The molecule has 0 atom stereocenters. The van der Waals surface area contributed by atoms with Gasteiger partial charge in [0.15, 0.2) is 5.75 Å². The van der Waals surface area contributed by atoms with Crippen LogP contribution in [-0.4, -0.2) is 21.6 Å². The number of hydrogen-bond acceptors (Lipinski definition) is 5. The van der Waals surface area contributed by atoms with Crippen molar-refractivity contribution in [2.24, 2.45) is 0 Å². The minimum Gasteiger partial charge on any atom is -0.486 e. The molecule has 0 fully saturated rings. The molecule has 104 valence electrons. The van der Waals surface area contributed by atoms with Gasteiger partial charge in [0.1, 0.15) is 0 Å². The van der Waals surface area contributed by atoms with Gasteiger partial charge in [-0.3, -0.25) is 15.1 Å². The summed E-state index contributed by atoms with van der Waals surface area (Å²) in [6, 6.07) is 8.17. The topological polar surface area (TPSA) is 85.5 Å². The van der Waals surface area contributed by atoms with Gasteiger partial charge >= 0.3 is 5.69 Å². The summed E-state index contributed by atoms with van der Waals surface area (Å²) in [6.07, 6.45) is 4.02. The maximum absolute atomic E-state index is 11.0. The van der Waals surface area contributed by atoms with E-state index in [1.54, 1.807) is 18.5 Å². The van der Waals surface area contributed by atoms with Crippen LogP contribution in [0.25, 0.3) is 0 Å². The van der Waals surface area contributed by atoms with Crippen molar-refractivity contribution in [1.82, 2.24) is 4.98 Å². The number of hydrogen-bond donors (Lipinski definition) is 1. The number of aliphatic hydroxyl groups excluding tert-OH is 1. The third-order valence-corrected chi connectivity index (χ3v) is 2.80. The van der Waals surface area contributed by atoms with Gasteiger partial charge in [-0.25, -0.2) is 0 Å². The average Bonchev–Trinajstić information content (AvgIpc) is 2.48. The molecule has 0 amide bonds. The molecule has 0 radical (unpaired) electrons. The molecule has 6 nitrogen and oxygen atoms in total. The second kappa shape index (κ2) is 6.63. The first-order valence-corrected chi connectivity index (χ1v) is 6.10. The lowest BCUT2D eigenvalue weighted by Gasteiger charge is -2.07. The molecule has 2 rings (SSSR count). The van der Waals surface area contributed by atoms with Crippen molar-refractivity contribution in [3.63, 3.8) is 0 Å². The van der Waals surface area contributed by atoms with E-state index in [-0.39, 0.29) is 18.0 Å². The fraction of sp³-hybridized carbons (Fsp3) is 0.214. The molecule has 0 saturated carbocycles. The van der Waals surface area contributed by atoms with E-state index in [0.717, 1.165) is 5.56 Å². The van der Waals surface area contributed by atoms with Crippen molar-refractivity contribution < 1.29 is 14.8 Å². The Hall–Kier alpha value is -2.47. The molecule has 0 bridgehead atoms. The van der Waals surface area contributed by atoms with Crippen LogP contribution in [0, 0.1) is 10.1 Å². The minimum absolute atomic E-state index is 0.133. The lowest BCUT2D eigenvalue weighted by atomic mass is 10.2. The fourth-order valence-corrected chi connectivity index (χ4v) is 1.75. The Kier molecular flexibility index (Phi) is 4.62. The van der Waals surface area contributed by atoms with E-state index in [4.69, 9.17) is 9.84 Å². The van der Waals surface area contributed by atoms with E-state index >= 15 is 0 Å². The quantitative estimate of drug-likeness (QED) is 0.644. The van der Waals surface area contributed by atoms with Crippen LogP contribution >= 0.6 is 0 Å². The third-order valence-electron chi connectivity index (χ3n) is 2.80. The van der Waals surface area contributed by atoms with Crippen molar-refractivity contribution in [1.29, 1.82) is 0 Å². The Morgan fingerprint density at radius 1 is 1.20 bits per heavy atom. The molecular formula is C14H14N2O4. The molecule has 6 heteroatoms. The lowest BCUT2D eigenvalue weighted by Crippen LogP contribution is -2.04. The summed E-state index contributed by atoms with van der Waals surface area (Å²) >= 11 is 0. The monoisotopic (exact) mass is 274 g/mol. The Morgan fingerprint density at radius 3 is 2.60 bits per heavy atom. The average molecular weight is 274 g/mol. The number of rotatable bonds is 6. The number of aliphatic hydroxyl groups is 1. The smallest absolute Gasteiger partial charge is 0.311 e. The van der Waals surface area contributed by atoms with Crippen LogP contribution in [0.5, 0.6) is 5.75 Å². The van der Waals surface area contributed by atoms with Gasteiger partial charge < -0.3 is 9.84 Å². The molecule has 0 spiro atoms. The summed E-state index contributed by atoms with van der Waals surface area (Å²) in [5.41, 5.74) is 1.40. The Bertz CT molecular complexity index is 587. The first-order valence-electron chi connectivity index (χ1n) is 6.10. The number of nitro benzene ring substituents is 1. The maximum atomic E-state index is 11.0. The molecule has 0 unspecified atom stereocenters. The van der Waals surface area contributed by atoms with Gasteiger partial charge in [-0.05, 0) is 29.3 Å².